The summed E-state index contributed by atoms with van der Waals surface area (Å²) in [5.41, 5.74) is 8.50. The maximum Gasteiger partial charge on any atom is 4.00 e. The molecule has 0 aromatic heterocycles. The van der Waals surface area contributed by atoms with Crippen molar-refractivity contribution >= 4 is 19.2 Å². The van der Waals surface area contributed by atoms with Gasteiger partial charge in [-0.15, -0.1) is 6.92 Å². The van der Waals surface area contributed by atoms with Crippen LogP contribution in [0.2, 0.25) is 0 Å². The van der Waals surface area contributed by atoms with Crippen LogP contribution in [-0.2, 0) is 21.7 Å². The Hall–Kier alpha value is -0.279. The Balaban J connectivity index is 0. The van der Waals surface area contributed by atoms with Crippen molar-refractivity contribution in [3.8, 4) is 0 Å². The van der Waals surface area contributed by atoms with E-state index in [1.165, 1.54) is 39.8 Å². The van der Waals surface area contributed by atoms with Gasteiger partial charge in [-0.25, -0.2) is 11.1 Å². The van der Waals surface area contributed by atoms with Gasteiger partial charge in [0.25, 0.3) is 0 Å². The van der Waals surface area contributed by atoms with Gasteiger partial charge in [-0.1, -0.05) is 95.2 Å². The molecule has 0 fully saturated rings. The van der Waals surface area contributed by atoms with Crippen LogP contribution in [-0.4, -0.2) is 8.80 Å². The first-order valence-corrected chi connectivity index (χ1v) is 11.6. The topological polar surface area (TPSA) is 0 Å². The van der Waals surface area contributed by atoms with Crippen molar-refractivity contribution in [2.45, 2.75) is 60.8 Å². The first kappa shape index (κ1) is 31.9. The van der Waals surface area contributed by atoms with Gasteiger partial charge in [0.1, 0.15) is 8.80 Å². The zero-order valence-corrected chi connectivity index (χ0v) is 23.8. The monoisotopic (exact) mass is 512 g/mol. The van der Waals surface area contributed by atoms with Gasteiger partial charge in [-0.05, 0) is 27.7 Å². The van der Waals surface area contributed by atoms with Crippen LogP contribution in [0.1, 0.15) is 55.4 Å². The van der Waals surface area contributed by atoms with Crippen molar-refractivity contribution in [1.82, 2.24) is 0 Å². The van der Waals surface area contributed by atoms with Gasteiger partial charge >= 0.3 is 21.7 Å². The first-order valence-electron chi connectivity index (χ1n) is 9.85. The van der Waals surface area contributed by atoms with Crippen LogP contribution < -0.4 is 47.6 Å². The fraction of sp³-hybridized carbons (Fsp3) is 0.360. The number of hydrogen-bond acceptors (Lipinski definition) is 0. The molecule has 2 aromatic carbocycles. The minimum absolute atomic E-state index is 0. The Morgan fingerprint density at radius 2 is 1.13 bits per heavy atom. The van der Waals surface area contributed by atoms with Crippen LogP contribution >= 0.6 is 0 Å². The molecule has 0 radical (unpaired) electrons. The SMILES string of the molecule is CCCC1=C(C)CC([SiH](c2cc(C)cc(C)c2)c2cc(C)cc(C)c2)=[C-]1.[Cl-].[Cl-].[Cl-].[Ti+4]. The number of halogens is 3. The summed E-state index contributed by atoms with van der Waals surface area (Å²) in [6, 6.07) is 14.3. The second kappa shape index (κ2) is 14.0. The zero-order chi connectivity index (χ0) is 18.8. The number of allylic oxidation sites excluding steroid dienone is 4. The van der Waals surface area contributed by atoms with Gasteiger partial charge in [0.2, 0.25) is 0 Å². The minimum Gasteiger partial charge on any atom is -1.00 e. The summed E-state index contributed by atoms with van der Waals surface area (Å²) in [5, 5.41) is 4.65. The molecule has 0 atom stereocenters. The third-order valence-electron chi connectivity index (χ3n) is 5.29. The summed E-state index contributed by atoms with van der Waals surface area (Å²) in [4.78, 5) is 0. The Morgan fingerprint density at radius 1 is 0.733 bits per heavy atom. The Labute approximate surface area is 218 Å². The summed E-state index contributed by atoms with van der Waals surface area (Å²) in [7, 11) is -1.45. The van der Waals surface area contributed by atoms with E-state index >= 15 is 0 Å². The summed E-state index contributed by atoms with van der Waals surface area (Å²) in [5.74, 6) is 0. The van der Waals surface area contributed by atoms with Crippen molar-refractivity contribution in [3.05, 3.63) is 81.1 Å². The van der Waals surface area contributed by atoms with Crippen LogP contribution in [0.4, 0.5) is 0 Å². The van der Waals surface area contributed by atoms with E-state index in [1.54, 1.807) is 15.6 Å². The summed E-state index contributed by atoms with van der Waals surface area (Å²) < 4.78 is 0. The molecule has 0 heterocycles. The molecule has 5 heteroatoms. The van der Waals surface area contributed by atoms with E-state index in [-0.39, 0.29) is 58.9 Å². The van der Waals surface area contributed by atoms with Gasteiger partial charge in [-0.3, -0.25) is 6.08 Å². The maximum absolute atomic E-state index is 3.87. The maximum atomic E-state index is 3.87. The van der Waals surface area contributed by atoms with Gasteiger partial charge in [-0.2, -0.15) is 5.20 Å². The van der Waals surface area contributed by atoms with Crippen molar-refractivity contribution in [2.75, 3.05) is 0 Å². The van der Waals surface area contributed by atoms with E-state index in [2.05, 4.69) is 84.0 Å². The van der Waals surface area contributed by atoms with Crippen molar-refractivity contribution < 1.29 is 58.9 Å². The van der Waals surface area contributed by atoms with Gasteiger partial charge in [0, 0.05) is 0 Å². The third-order valence-corrected chi connectivity index (χ3v) is 8.33. The average Bonchev–Trinajstić information content (AvgIpc) is 2.86. The normalized spacial score (nSPS) is 12.4. The number of rotatable bonds is 5. The quantitative estimate of drug-likeness (QED) is 0.283. The van der Waals surface area contributed by atoms with Crippen LogP contribution in [0.25, 0.3) is 0 Å². The van der Waals surface area contributed by atoms with E-state index in [4.69, 9.17) is 0 Å². The largest absolute Gasteiger partial charge is 4.00 e. The molecule has 0 saturated carbocycles. The van der Waals surface area contributed by atoms with Crippen molar-refractivity contribution in [3.63, 3.8) is 0 Å². The predicted octanol–water partition coefficient (Wildman–Crippen LogP) is -3.94. The summed E-state index contributed by atoms with van der Waals surface area (Å²) >= 11 is 0. The predicted molar refractivity (Wildman–Crippen MR) is 117 cm³/mol. The fourth-order valence-electron chi connectivity index (χ4n) is 4.39. The molecule has 3 rings (SSSR count). The van der Waals surface area contributed by atoms with E-state index < -0.39 is 8.80 Å². The van der Waals surface area contributed by atoms with Crippen molar-refractivity contribution in [2.24, 2.45) is 0 Å². The standard InChI is InChI=1S/C25H31Si.3ClH.Ti/c1-7-8-22-16-25(15-21(22)6)26(23-11-17(2)9-18(3)12-23)24-13-19(4)10-20(5)14-24;;;;/h9-14,26H,7-8,15H2,1-6H3;3*1H;/q-1;;;;+4/p-3. The molecular weight excluding hydrogens is 483 g/mol. The van der Waals surface area contributed by atoms with E-state index in [0.717, 1.165) is 12.8 Å². The molecule has 0 aliphatic heterocycles. The minimum atomic E-state index is -1.45. The molecule has 0 bridgehead atoms. The second-order valence-corrected chi connectivity index (χ2v) is 11.0. The Kier molecular flexibility index (Phi) is 14.9. The second-order valence-electron chi connectivity index (χ2n) is 8.11. The molecule has 0 saturated heterocycles. The van der Waals surface area contributed by atoms with Crippen LogP contribution in [0, 0.1) is 33.8 Å². The average molecular weight is 514 g/mol. The number of aryl methyl sites for hydroxylation is 4. The molecule has 160 valence electrons. The molecule has 30 heavy (non-hydrogen) atoms. The van der Waals surface area contributed by atoms with Crippen LogP contribution in [0.15, 0.2) is 52.7 Å². The van der Waals surface area contributed by atoms with Gasteiger partial charge in [0.15, 0.2) is 0 Å². The Morgan fingerprint density at radius 3 is 1.50 bits per heavy atom. The van der Waals surface area contributed by atoms with Crippen LogP contribution in [0.3, 0.4) is 0 Å². The van der Waals surface area contributed by atoms with Crippen LogP contribution in [0.5, 0.6) is 0 Å². The number of hydrogen-bond donors (Lipinski definition) is 0. The fourth-order valence-corrected chi connectivity index (χ4v) is 8.12. The molecular formula is C25H31Cl3SiTi. The molecule has 1 aliphatic carbocycles. The summed E-state index contributed by atoms with van der Waals surface area (Å²) in [6.07, 6.45) is 7.36. The van der Waals surface area contributed by atoms with E-state index in [0.29, 0.717) is 0 Å². The third kappa shape index (κ3) is 7.69. The summed E-state index contributed by atoms with van der Waals surface area (Å²) in [6.45, 7) is 13.5. The molecule has 0 unspecified atom stereocenters. The molecule has 0 amide bonds. The van der Waals surface area contributed by atoms with E-state index in [1.807, 2.05) is 0 Å². The molecule has 1 aliphatic rings. The molecule has 0 N–H and O–H groups in total. The Bertz CT molecular complexity index is 811. The smallest absolute Gasteiger partial charge is 1.00 e. The molecule has 0 nitrogen and oxygen atoms in total. The van der Waals surface area contributed by atoms with Gasteiger partial charge in [0.05, 0.1) is 0 Å². The molecule has 2 aromatic rings. The number of benzene rings is 2. The first-order chi connectivity index (χ1) is 12.4. The van der Waals surface area contributed by atoms with E-state index in [9.17, 15) is 0 Å². The van der Waals surface area contributed by atoms with Gasteiger partial charge < -0.3 is 37.2 Å². The zero-order valence-electron chi connectivity index (χ0n) is 18.8. The van der Waals surface area contributed by atoms with Crippen molar-refractivity contribution in [1.29, 1.82) is 0 Å². The molecule has 0 spiro atoms.